The van der Waals surface area contributed by atoms with Gasteiger partial charge in [0.2, 0.25) is 5.91 Å². The van der Waals surface area contributed by atoms with Crippen LogP contribution >= 0.6 is 0 Å². The fraction of sp³-hybridized carbons (Fsp3) is 0.417. The molecule has 1 rings (SSSR count). The van der Waals surface area contributed by atoms with Crippen molar-refractivity contribution in [2.75, 3.05) is 30.5 Å². The minimum Gasteiger partial charge on any atom is -0.397 e. The van der Waals surface area contributed by atoms with E-state index < -0.39 is 27.8 Å². The molecule has 0 saturated heterocycles. The first-order valence-electron chi connectivity index (χ1n) is 5.67. The molecule has 7 heteroatoms. The highest BCUT2D eigenvalue weighted by Gasteiger charge is 2.20. The summed E-state index contributed by atoms with van der Waals surface area (Å²) in [5.41, 5.74) is 6.01. The van der Waals surface area contributed by atoms with E-state index in [0.29, 0.717) is 12.3 Å². The number of anilines is 2. The number of nitrogens with one attached hydrogen (secondary N) is 1. The SMILES string of the molecule is COCCS(=O)C(C)C(=O)Nc1ccc(F)cc1N. The lowest BCUT2D eigenvalue weighted by atomic mass is 10.2. The summed E-state index contributed by atoms with van der Waals surface area (Å²) in [6.07, 6.45) is 0. The molecule has 1 amide bonds. The number of benzene rings is 1. The van der Waals surface area contributed by atoms with E-state index >= 15 is 0 Å². The van der Waals surface area contributed by atoms with Gasteiger partial charge in [-0.05, 0) is 25.1 Å². The van der Waals surface area contributed by atoms with Gasteiger partial charge in [0.25, 0.3) is 0 Å². The number of nitrogens with two attached hydrogens (primary N) is 1. The molecule has 0 fully saturated rings. The first kappa shape index (κ1) is 15.6. The summed E-state index contributed by atoms with van der Waals surface area (Å²) < 4.78 is 29.4. The Morgan fingerprint density at radius 2 is 2.26 bits per heavy atom. The fourth-order valence-electron chi connectivity index (χ4n) is 1.34. The number of ether oxygens (including phenoxy) is 1. The molecule has 5 nitrogen and oxygen atoms in total. The molecule has 106 valence electrons. The van der Waals surface area contributed by atoms with Gasteiger partial charge in [-0.2, -0.15) is 0 Å². The summed E-state index contributed by atoms with van der Waals surface area (Å²) >= 11 is 0. The molecule has 3 N–H and O–H groups in total. The molecule has 1 aromatic rings. The largest absolute Gasteiger partial charge is 0.397 e. The molecule has 0 aromatic heterocycles. The van der Waals surface area contributed by atoms with Gasteiger partial charge in [0.05, 0.1) is 18.0 Å². The zero-order valence-electron chi connectivity index (χ0n) is 10.8. The summed E-state index contributed by atoms with van der Waals surface area (Å²) in [6, 6.07) is 3.67. The maximum Gasteiger partial charge on any atom is 0.239 e. The highest BCUT2D eigenvalue weighted by molar-refractivity contribution is 7.86. The van der Waals surface area contributed by atoms with Crippen LogP contribution < -0.4 is 11.1 Å². The Morgan fingerprint density at radius 1 is 1.58 bits per heavy atom. The molecule has 0 aliphatic heterocycles. The van der Waals surface area contributed by atoms with Crippen LogP contribution in [0.3, 0.4) is 0 Å². The molecular formula is C12H17FN2O3S. The minimum atomic E-state index is -1.33. The normalized spacial score (nSPS) is 13.8. The van der Waals surface area contributed by atoms with Gasteiger partial charge in [-0.25, -0.2) is 4.39 Å². The number of halogens is 1. The second kappa shape index (κ2) is 7.20. The Kier molecular flexibility index (Phi) is 5.91. The zero-order valence-corrected chi connectivity index (χ0v) is 11.6. The van der Waals surface area contributed by atoms with Crippen LogP contribution in [0.1, 0.15) is 6.92 Å². The smallest absolute Gasteiger partial charge is 0.239 e. The molecule has 0 aliphatic rings. The molecule has 0 radical (unpaired) electrons. The first-order chi connectivity index (χ1) is 8.95. The predicted molar refractivity (Wildman–Crippen MR) is 73.8 cm³/mol. The van der Waals surface area contributed by atoms with Crippen LogP contribution in [-0.2, 0) is 20.3 Å². The van der Waals surface area contributed by atoms with Crippen molar-refractivity contribution in [2.45, 2.75) is 12.2 Å². The van der Waals surface area contributed by atoms with E-state index in [1.165, 1.54) is 19.2 Å². The third kappa shape index (κ3) is 4.60. The summed E-state index contributed by atoms with van der Waals surface area (Å²) in [6.45, 7) is 1.88. The topological polar surface area (TPSA) is 81.4 Å². The van der Waals surface area contributed by atoms with Crippen molar-refractivity contribution in [3.05, 3.63) is 24.0 Å². The van der Waals surface area contributed by atoms with Crippen molar-refractivity contribution < 1.29 is 18.1 Å². The van der Waals surface area contributed by atoms with Crippen molar-refractivity contribution in [2.24, 2.45) is 0 Å². The summed E-state index contributed by atoms with van der Waals surface area (Å²) in [5, 5.41) is 1.84. The van der Waals surface area contributed by atoms with Crippen LogP contribution in [-0.4, -0.2) is 34.8 Å². The monoisotopic (exact) mass is 288 g/mol. The molecule has 0 aliphatic carbocycles. The third-order valence-electron chi connectivity index (χ3n) is 2.52. The van der Waals surface area contributed by atoms with Crippen molar-refractivity contribution in [3.8, 4) is 0 Å². The number of amides is 1. The van der Waals surface area contributed by atoms with Crippen LogP contribution in [0.15, 0.2) is 18.2 Å². The molecule has 19 heavy (non-hydrogen) atoms. The maximum absolute atomic E-state index is 12.9. The molecule has 0 spiro atoms. The van der Waals surface area contributed by atoms with Crippen LogP contribution in [0, 0.1) is 5.82 Å². The van der Waals surface area contributed by atoms with Crippen molar-refractivity contribution in [1.82, 2.24) is 0 Å². The molecular weight excluding hydrogens is 271 g/mol. The van der Waals surface area contributed by atoms with Gasteiger partial charge in [0.1, 0.15) is 11.1 Å². The van der Waals surface area contributed by atoms with Gasteiger partial charge in [-0.1, -0.05) is 0 Å². The summed E-state index contributed by atoms with van der Waals surface area (Å²) in [4.78, 5) is 11.9. The molecule has 1 aromatic carbocycles. The zero-order chi connectivity index (χ0) is 14.4. The number of methoxy groups -OCH3 is 1. The standard InChI is InChI=1S/C12H17FN2O3S/c1-8(19(17)6-5-18-2)12(16)15-11-4-3-9(13)7-10(11)14/h3-4,7-8H,5-6,14H2,1-2H3,(H,15,16). The van der Waals surface area contributed by atoms with E-state index in [-0.39, 0.29) is 11.4 Å². The van der Waals surface area contributed by atoms with E-state index in [2.05, 4.69) is 5.32 Å². The summed E-state index contributed by atoms with van der Waals surface area (Å²) in [7, 11) is 0.170. The van der Waals surface area contributed by atoms with Crippen molar-refractivity contribution >= 4 is 28.1 Å². The van der Waals surface area contributed by atoms with Crippen LogP contribution in [0.2, 0.25) is 0 Å². The average Bonchev–Trinajstić information content (AvgIpc) is 2.38. The first-order valence-corrected chi connectivity index (χ1v) is 7.06. The minimum absolute atomic E-state index is 0.128. The second-order valence-corrected chi connectivity index (χ2v) is 5.82. The summed E-state index contributed by atoms with van der Waals surface area (Å²) in [5.74, 6) is -0.621. The van der Waals surface area contributed by atoms with E-state index in [1.54, 1.807) is 6.92 Å². The lowest BCUT2D eigenvalue weighted by molar-refractivity contribution is -0.115. The van der Waals surface area contributed by atoms with Crippen molar-refractivity contribution in [3.63, 3.8) is 0 Å². The van der Waals surface area contributed by atoms with Crippen LogP contribution in [0.25, 0.3) is 0 Å². The highest BCUT2D eigenvalue weighted by atomic mass is 32.2. The van der Waals surface area contributed by atoms with Gasteiger partial charge in [-0.3, -0.25) is 9.00 Å². The van der Waals surface area contributed by atoms with E-state index in [4.69, 9.17) is 10.5 Å². The number of carbonyl (C=O) groups excluding carboxylic acids is 1. The van der Waals surface area contributed by atoms with Gasteiger partial charge >= 0.3 is 0 Å². The lowest BCUT2D eigenvalue weighted by Gasteiger charge is -2.13. The molecule has 2 atom stereocenters. The van der Waals surface area contributed by atoms with Gasteiger partial charge in [-0.15, -0.1) is 0 Å². The van der Waals surface area contributed by atoms with Gasteiger partial charge in [0.15, 0.2) is 0 Å². The Hall–Kier alpha value is -1.47. The Labute approximate surface area is 113 Å². The number of carbonyl (C=O) groups is 1. The molecule has 2 unspecified atom stereocenters. The van der Waals surface area contributed by atoms with E-state index in [9.17, 15) is 13.4 Å². The molecule has 0 heterocycles. The fourth-order valence-corrected chi connectivity index (χ4v) is 2.33. The molecule has 0 saturated carbocycles. The Morgan fingerprint density at radius 3 is 2.84 bits per heavy atom. The van der Waals surface area contributed by atoms with Crippen LogP contribution in [0.5, 0.6) is 0 Å². The Balaban J connectivity index is 2.66. The maximum atomic E-state index is 12.9. The Bertz CT molecular complexity index is 482. The second-order valence-electron chi connectivity index (χ2n) is 3.94. The highest BCUT2D eigenvalue weighted by Crippen LogP contribution is 2.19. The van der Waals surface area contributed by atoms with E-state index in [0.717, 1.165) is 6.07 Å². The van der Waals surface area contributed by atoms with E-state index in [1.807, 2.05) is 0 Å². The van der Waals surface area contributed by atoms with Gasteiger partial charge in [0, 0.05) is 23.7 Å². The van der Waals surface area contributed by atoms with Crippen LogP contribution in [0.4, 0.5) is 15.8 Å². The lowest BCUT2D eigenvalue weighted by Crippen LogP contribution is -2.31. The quantitative estimate of drug-likeness (QED) is 0.769. The average molecular weight is 288 g/mol. The van der Waals surface area contributed by atoms with Crippen molar-refractivity contribution in [1.29, 1.82) is 0 Å². The number of rotatable bonds is 6. The van der Waals surface area contributed by atoms with Gasteiger partial charge < -0.3 is 15.8 Å². The number of hydrogen-bond donors (Lipinski definition) is 2. The third-order valence-corrected chi connectivity index (χ3v) is 4.10. The number of hydrogen-bond acceptors (Lipinski definition) is 4. The predicted octanol–water partition coefficient (Wildman–Crippen LogP) is 1.13. The molecule has 0 bridgehead atoms. The number of nitrogen functional groups attached to an aromatic ring is 1.